The van der Waals surface area contributed by atoms with Crippen LogP contribution in [-0.4, -0.2) is 21.5 Å². The maximum atomic E-state index is 12.0. The quantitative estimate of drug-likeness (QED) is 0.555. The summed E-state index contributed by atoms with van der Waals surface area (Å²) in [5, 5.41) is 21.7. The number of benzene rings is 2. The second kappa shape index (κ2) is 8.41. The molecule has 0 aliphatic heterocycles. The fourth-order valence-electron chi connectivity index (χ4n) is 2.64. The summed E-state index contributed by atoms with van der Waals surface area (Å²) in [7, 11) is 1.69. The minimum atomic E-state index is -0.579. The van der Waals surface area contributed by atoms with Gasteiger partial charge in [0.15, 0.2) is 5.69 Å². The summed E-state index contributed by atoms with van der Waals surface area (Å²) in [6.07, 6.45) is -0.218. The van der Waals surface area contributed by atoms with Crippen molar-refractivity contribution < 1.29 is 14.7 Å². The lowest BCUT2D eigenvalue weighted by molar-refractivity contribution is -0.122. The first kappa shape index (κ1) is 19.9. The average molecular weight is 419 g/mol. The van der Waals surface area contributed by atoms with Gasteiger partial charge in [-0.2, -0.15) is 0 Å². The zero-order chi connectivity index (χ0) is 20.3. The van der Waals surface area contributed by atoms with Crippen LogP contribution in [0, 0.1) is 0 Å². The number of anilines is 1. The standard InChI is InChI=1S/C19H16Cl2N4O3/c1-25-15-5-3-2-4-12(15)18(19(25)28)24-23-17(27)9-8-16(26)22-14-7-6-11(20)10-13(14)21/h2-7,10,28H,8-9H2,1H3,(H,22,26). The van der Waals surface area contributed by atoms with Crippen LogP contribution in [0.5, 0.6) is 5.88 Å². The molecule has 144 valence electrons. The van der Waals surface area contributed by atoms with Crippen LogP contribution < -0.4 is 5.32 Å². The number of aryl methyl sites for hydroxylation is 1. The summed E-state index contributed by atoms with van der Waals surface area (Å²) >= 11 is 11.8. The SMILES string of the molecule is Cn1c(O)c(N=NC(=O)CCC(=O)Nc2ccc(Cl)cc2Cl)c2ccccc21. The van der Waals surface area contributed by atoms with E-state index in [1.807, 2.05) is 12.1 Å². The number of carbonyl (C=O) groups is 2. The summed E-state index contributed by atoms with van der Waals surface area (Å²) in [6, 6.07) is 11.9. The highest BCUT2D eigenvalue weighted by Crippen LogP contribution is 2.37. The molecule has 3 rings (SSSR count). The van der Waals surface area contributed by atoms with E-state index in [-0.39, 0.29) is 30.3 Å². The summed E-state index contributed by atoms with van der Waals surface area (Å²) in [6.45, 7) is 0. The molecule has 0 bridgehead atoms. The number of para-hydroxylation sites is 1. The zero-order valence-electron chi connectivity index (χ0n) is 14.8. The van der Waals surface area contributed by atoms with E-state index in [0.717, 1.165) is 5.52 Å². The number of nitrogens with one attached hydrogen (secondary N) is 1. The van der Waals surface area contributed by atoms with Crippen molar-refractivity contribution in [2.45, 2.75) is 12.8 Å². The third-order valence-electron chi connectivity index (χ3n) is 4.08. The molecule has 1 heterocycles. The number of hydrogen-bond acceptors (Lipinski definition) is 4. The molecule has 28 heavy (non-hydrogen) atoms. The normalized spacial score (nSPS) is 11.2. The van der Waals surface area contributed by atoms with E-state index < -0.39 is 5.91 Å². The molecule has 0 saturated heterocycles. The van der Waals surface area contributed by atoms with Crippen molar-refractivity contribution in [2.75, 3.05) is 5.32 Å². The number of hydrogen-bond donors (Lipinski definition) is 2. The molecule has 0 atom stereocenters. The van der Waals surface area contributed by atoms with Gasteiger partial charge in [-0.15, -0.1) is 10.2 Å². The second-order valence-corrected chi connectivity index (χ2v) is 6.86. The Morgan fingerprint density at radius 2 is 1.89 bits per heavy atom. The first-order valence-electron chi connectivity index (χ1n) is 8.32. The van der Waals surface area contributed by atoms with Gasteiger partial charge in [0.25, 0.3) is 5.91 Å². The van der Waals surface area contributed by atoms with E-state index >= 15 is 0 Å². The van der Waals surface area contributed by atoms with Crippen molar-refractivity contribution in [2.24, 2.45) is 17.3 Å². The fourth-order valence-corrected chi connectivity index (χ4v) is 3.09. The van der Waals surface area contributed by atoms with Crippen molar-refractivity contribution >= 4 is 57.3 Å². The largest absolute Gasteiger partial charge is 0.493 e. The highest BCUT2D eigenvalue weighted by molar-refractivity contribution is 6.36. The topological polar surface area (TPSA) is 96.0 Å². The monoisotopic (exact) mass is 418 g/mol. The number of fused-ring (bicyclic) bond motifs is 1. The Hall–Kier alpha value is -2.90. The number of aromatic hydroxyl groups is 1. The Kier molecular flexibility index (Phi) is 5.96. The van der Waals surface area contributed by atoms with Gasteiger partial charge in [0.2, 0.25) is 11.8 Å². The van der Waals surface area contributed by atoms with Gasteiger partial charge in [-0.1, -0.05) is 41.4 Å². The molecule has 0 fully saturated rings. The van der Waals surface area contributed by atoms with Crippen LogP contribution >= 0.6 is 23.2 Å². The second-order valence-electron chi connectivity index (χ2n) is 6.01. The van der Waals surface area contributed by atoms with Crippen molar-refractivity contribution in [3.8, 4) is 5.88 Å². The molecular formula is C19H16Cl2N4O3. The Bertz CT molecular complexity index is 1090. The van der Waals surface area contributed by atoms with Crippen molar-refractivity contribution in [1.82, 2.24) is 4.57 Å². The summed E-state index contributed by atoms with van der Waals surface area (Å²) in [4.78, 5) is 24.0. The first-order chi connectivity index (χ1) is 13.4. The maximum absolute atomic E-state index is 12.0. The van der Waals surface area contributed by atoms with Crippen molar-refractivity contribution in [3.63, 3.8) is 0 Å². The molecule has 3 aromatic rings. The highest BCUT2D eigenvalue weighted by Gasteiger charge is 2.14. The molecule has 9 heteroatoms. The van der Waals surface area contributed by atoms with Gasteiger partial charge in [0.05, 0.1) is 16.2 Å². The number of amides is 2. The Labute approximate surface area is 170 Å². The molecule has 7 nitrogen and oxygen atoms in total. The summed E-state index contributed by atoms with van der Waals surface area (Å²) in [5.74, 6) is -1.06. The third-order valence-corrected chi connectivity index (χ3v) is 4.63. The molecule has 0 radical (unpaired) electrons. The highest BCUT2D eigenvalue weighted by atomic mass is 35.5. The first-order valence-corrected chi connectivity index (χ1v) is 9.08. The molecule has 1 aromatic heterocycles. The van der Waals surface area contributed by atoms with E-state index in [2.05, 4.69) is 15.5 Å². The lowest BCUT2D eigenvalue weighted by Crippen LogP contribution is -2.13. The van der Waals surface area contributed by atoms with Crippen LogP contribution in [-0.2, 0) is 16.6 Å². The summed E-state index contributed by atoms with van der Waals surface area (Å²) < 4.78 is 1.55. The smallest absolute Gasteiger partial charge is 0.265 e. The lowest BCUT2D eigenvalue weighted by Gasteiger charge is -2.06. The molecule has 0 aliphatic carbocycles. The van der Waals surface area contributed by atoms with E-state index in [4.69, 9.17) is 23.2 Å². The molecule has 2 aromatic carbocycles. The van der Waals surface area contributed by atoms with Gasteiger partial charge < -0.3 is 15.0 Å². The minimum Gasteiger partial charge on any atom is -0.493 e. The Morgan fingerprint density at radius 3 is 2.64 bits per heavy atom. The average Bonchev–Trinajstić information content (AvgIpc) is 2.91. The van der Waals surface area contributed by atoms with Crippen LogP contribution in [0.2, 0.25) is 10.0 Å². The van der Waals surface area contributed by atoms with Gasteiger partial charge >= 0.3 is 0 Å². The van der Waals surface area contributed by atoms with Gasteiger partial charge in [0.1, 0.15) is 0 Å². The number of aromatic nitrogens is 1. The van der Waals surface area contributed by atoms with Crippen LogP contribution in [0.4, 0.5) is 11.4 Å². The van der Waals surface area contributed by atoms with Crippen LogP contribution in [0.3, 0.4) is 0 Å². The Balaban J connectivity index is 1.62. The molecule has 0 spiro atoms. The molecule has 0 aliphatic rings. The van der Waals surface area contributed by atoms with Gasteiger partial charge in [-0.3, -0.25) is 9.59 Å². The molecule has 2 N–H and O–H groups in total. The molecule has 0 saturated carbocycles. The zero-order valence-corrected chi connectivity index (χ0v) is 16.3. The molecule has 2 amide bonds. The predicted octanol–water partition coefficient (Wildman–Crippen LogP) is 5.22. The number of azo groups is 1. The van der Waals surface area contributed by atoms with Crippen molar-refractivity contribution in [3.05, 3.63) is 52.5 Å². The fraction of sp³-hybridized carbons (Fsp3) is 0.158. The van der Waals surface area contributed by atoms with Crippen LogP contribution in [0.1, 0.15) is 12.8 Å². The van der Waals surface area contributed by atoms with Crippen LogP contribution in [0.15, 0.2) is 52.7 Å². The lowest BCUT2D eigenvalue weighted by atomic mass is 10.2. The predicted molar refractivity (Wildman–Crippen MR) is 108 cm³/mol. The Morgan fingerprint density at radius 1 is 1.14 bits per heavy atom. The van der Waals surface area contributed by atoms with E-state index in [1.54, 1.807) is 35.9 Å². The van der Waals surface area contributed by atoms with Gasteiger partial charge in [-0.05, 0) is 24.3 Å². The van der Waals surface area contributed by atoms with E-state index in [9.17, 15) is 14.7 Å². The molecular weight excluding hydrogens is 403 g/mol. The number of rotatable bonds is 5. The number of halogens is 2. The summed E-state index contributed by atoms with van der Waals surface area (Å²) in [5.41, 5.74) is 1.38. The van der Waals surface area contributed by atoms with Gasteiger partial charge in [0, 0.05) is 30.3 Å². The third kappa shape index (κ3) is 4.32. The van der Waals surface area contributed by atoms with Crippen molar-refractivity contribution in [1.29, 1.82) is 0 Å². The van der Waals surface area contributed by atoms with Gasteiger partial charge in [-0.25, -0.2) is 0 Å². The van der Waals surface area contributed by atoms with E-state index in [0.29, 0.717) is 21.1 Å². The number of nitrogens with zero attached hydrogens (tertiary/aromatic N) is 3. The maximum Gasteiger partial charge on any atom is 0.265 e. The molecule has 0 unspecified atom stereocenters. The van der Waals surface area contributed by atoms with E-state index in [1.165, 1.54) is 6.07 Å². The number of carbonyl (C=O) groups excluding carboxylic acids is 2. The minimum absolute atomic E-state index is 0.0850. The van der Waals surface area contributed by atoms with Crippen LogP contribution in [0.25, 0.3) is 10.9 Å².